The van der Waals surface area contributed by atoms with E-state index in [1.807, 2.05) is 0 Å². The highest BCUT2D eigenvalue weighted by Crippen LogP contribution is 2.32. The van der Waals surface area contributed by atoms with Gasteiger partial charge in [-0.3, -0.25) is 4.79 Å². The number of aromatic nitrogens is 1. The van der Waals surface area contributed by atoms with Gasteiger partial charge >= 0.3 is 0 Å². The maximum atomic E-state index is 12.4. The number of terminal acetylenes is 1. The van der Waals surface area contributed by atoms with E-state index in [-0.39, 0.29) is 18.2 Å². The molecule has 4 rings (SSSR count). The van der Waals surface area contributed by atoms with E-state index < -0.39 is 15.9 Å². The number of amides is 1. The van der Waals surface area contributed by atoms with Crippen molar-refractivity contribution in [2.45, 2.75) is 11.4 Å². The molecule has 3 aromatic rings. The van der Waals surface area contributed by atoms with E-state index in [1.165, 1.54) is 18.2 Å². The molecule has 1 aliphatic heterocycles. The summed E-state index contributed by atoms with van der Waals surface area (Å²) in [6, 6.07) is 9.74. The number of fused-ring (bicyclic) bond motifs is 2. The summed E-state index contributed by atoms with van der Waals surface area (Å²) in [6.45, 7) is 0.345. The fourth-order valence-corrected chi connectivity index (χ4v) is 4.56. The van der Waals surface area contributed by atoms with Gasteiger partial charge < -0.3 is 14.0 Å². The molecule has 0 saturated carbocycles. The third kappa shape index (κ3) is 3.99. The Morgan fingerprint density at radius 1 is 1.27 bits per heavy atom. The lowest BCUT2D eigenvalue weighted by atomic mass is 10.2. The number of nitrogens with two attached hydrogens (primary N) is 1. The van der Waals surface area contributed by atoms with Gasteiger partial charge in [0, 0.05) is 6.08 Å². The summed E-state index contributed by atoms with van der Waals surface area (Å²) in [5.74, 6) is 3.29. The predicted octanol–water partition coefficient (Wildman–Crippen LogP) is 1.85. The summed E-state index contributed by atoms with van der Waals surface area (Å²) >= 11 is 1.15. The number of hydrogen-bond acceptors (Lipinski definition) is 6. The van der Waals surface area contributed by atoms with Crippen LogP contribution < -0.4 is 19.4 Å². The number of carbonyl (C=O) groups is 1. The van der Waals surface area contributed by atoms with Gasteiger partial charge in [0.25, 0.3) is 5.91 Å². The fourth-order valence-electron chi connectivity index (χ4n) is 2.88. The standard InChI is InChI=1S/C20H15N3O5S2/c1-2-9-23-15-6-5-14(30(21,25)26)11-18(15)29-20(23)22-19(24)8-4-13-3-7-16-17(10-13)28-12-27-16/h1,3-8,10-11H,9,12H2,(H2,21,25,26)/b8-4+,22-20?. The molecule has 2 aromatic carbocycles. The van der Waals surface area contributed by atoms with Gasteiger partial charge in [-0.05, 0) is 42.0 Å². The number of hydrogen-bond donors (Lipinski definition) is 1. The topological polar surface area (TPSA) is 113 Å². The Morgan fingerprint density at radius 3 is 2.83 bits per heavy atom. The molecule has 152 valence electrons. The van der Waals surface area contributed by atoms with Crippen molar-refractivity contribution >= 4 is 43.6 Å². The Hall–Kier alpha value is -3.39. The van der Waals surface area contributed by atoms with Gasteiger partial charge in [0.2, 0.25) is 16.8 Å². The van der Waals surface area contributed by atoms with Crippen molar-refractivity contribution < 1.29 is 22.7 Å². The molecule has 0 bridgehead atoms. The maximum Gasteiger partial charge on any atom is 0.272 e. The summed E-state index contributed by atoms with van der Waals surface area (Å²) in [5, 5.41) is 5.20. The van der Waals surface area contributed by atoms with Crippen LogP contribution in [-0.4, -0.2) is 25.7 Å². The first-order valence-corrected chi connectivity index (χ1v) is 11.0. The number of carbonyl (C=O) groups excluding carboxylic acids is 1. The van der Waals surface area contributed by atoms with Gasteiger partial charge in [0.1, 0.15) is 0 Å². The first-order valence-electron chi connectivity index (χ1n) is 8.61. The lowest BCUT2D eigenvalue weighted by Crippen LogP contribution is -2.16. The van der Waals surface area contributed by atoms with Crippen LogP contribution in [0.2, 0.25) is 0 Å². The van der Waals surface area contributed by atoms with Gasteiger partial charge in [-0.2, -0.15) is 4.99 Å². The second kappa shape index (κ2) is 7.79. The Kier molecular flexibility index (Phi) is 5.17. The quantitative estimate of drug-likeness (QED) is 0.490. The zero-order valence-corrected chi connectivity index (χ0v) is 17.1. The molecule has 0 fully saturated rings. The highest BCUT2D eigenvalue weighted by atomic mass is 32.2. The summed E-state index contributed by atoms with van der Waals surface area (Å²) in [7, 11) is -3.85. The third-order valence-corrected chi connectivity index (χ3v) is 6.21. The van der Waals surface area contributed by atoms with Crippen LogP contribution in [0.15, 0.2) is 52.4 Å². The largest absolute Gasteiger partial charge is 0.454 e. The van der Waals surface area contributed by atoms with Crippen LogP contribution in [0.25, 0.3) is 16.3 Å². The molecule has 0 saturated heterocycles. The van der Waals surface area contributed by atoms with Crippen molar-refractivity contribution in [1.29, 1.82) is 0 Å². The van der Waals surface area contributed by atoms with Crippen LogP contribution in [0, 0.1) is 12.3 Å². The summed E-state index contributed by atoms with van der Waals surface area (Å²) in [4.78, 5) is 16.8. The fraction of sp³-hybridized carbons (Fsp3) is 0.100. The average Bonchev–Trinajstić information content (AvgIpc) is 3.30. The Balaban J connectivity index is 1.69. The maximum absolute atomic E-state index is 12.4. The first kappa shape index (κ1) is 19.9. The first-order chi connectivity index (χ1) is 14.3. The molecule has 0 aliphatic carbocycles. The van der Waals surface area contributed by atoms with Crippen molar-refractivity contribution in [3.05, 3.63) is 52.8 Å². The number of ether oxygens (including phenoxy) is 2. The van der Waals surface area contributed by atoms with E-state index in [0.29, 0.717) is 26.5 Å². The molecule has 1 aromatic heterocycles. The Bertz CT molecular complexity index is 1410. The average molecular weight is 441 g/mol. The number of rotatable bonds is 4. The van der Waals surface area contributed by atoms with E-state index >= 15 is 0 Å². The van der Waals surface area contributed by atoms with Crippen LogP contribution in [0.3, 0.4) is 0 Å². The zero-order chi connectivity index (χ0) is 21.3. The molecule has 1 amide bonds. The number of benzene rings is 2. The second-order valence-electron chi connectivity index (χ2n) is 6.25. The molecule has 0 unspecified atom stereocenters. The highest BCUT2D eigenvalue weighted by molar-refractivity contribution is 7.89. The number of sulfonamides is 1. The van der Waals surface area contributed by atoms with Crippen LogP contribution in [-0.2, 0) is 21.4 Å². The third-order valence-electron chi connectivity index (χ3n) is 4.25. The van der Waals surface area contributed by atoms with Crippen molar-refractivity contribution in [1.82, 2.24) is 4.57 Å². The van der Waals surface area contributed by atoms with E-state index in [1.54, 1.807) is 34.9 Å². The van der Waals surface area contributed by atoms with E-state index in [0.717, 1.165) is 16.9 Å². The lowest BCUT2D eigenvalue weighted by molar-refractivity contribution is -0.113. The Morgan fingerprint density at radius 2 is 2.07 bits per heavy atom. The van der Waals surface area contributed by atoms with Gasteiger partial charge in [-0.1, -0.05) is 23.3 Å². The SMILES string of the molecule is C#CCn1c(=NC(=O)/C=C/c2ccc3c(c2)OCO3)sc2cc(S(N)(=O)=O)ccc21. The molecule has 2 heterocycles. The minimum Gasteiger partial charge on any atom is -0.454 e. The molecule has 0 radical (unpaired) electrons. The molecule has 0 atom stereocenters. The minimum absolute atomic E-state index is 0.0234. The van der Waals surface area contributed by atoms with E-state index in [4.69, 9.17) is 21.0 Å². The highest BCUT2D eigenvalue weighted by Gasteiger charge is 2.13. The van der Waals surface area contributed by atoms with Crippen LogP contribution in [0.5, 0.6) is 11.5 Å². The summed E-state index contributed by atoms with van der Waals surface area (Å²) in [5.41, 5.74) is 1.42. The van der Waals surface area contributed by atoms with E-state index in [9.17, 15) is 13.2 Å². The predicted molar refractivity (Wildman–Crippen MR) is 112 cm³/mol. The Labute approximate surface area is 175 Å². The van der Waals surface area contributed by atoms with Crippen LogP contribution in [0.4, 0.5) is 0 Å². The van der Waals surface area contributed by atoms with Gasteiger partial charge in [0.15, 0.2) is 16.3 Å². The van der Waals surface area contributed by atoms with Gasteiger partial charge in [0.05, 0.1) is 21.7 Å². The molecule has 1 aliphatic rings. The van der Waals surface area contributed by atoms with Gasteiger partial charge in [-0.25, -0.2) is 13.6 Å². The molecule has 30 heavy (non-hydrogen) atoms. The van der Waals surface area contributed by atoms with Gasteiger partial charge in [-0.15, -0.1) is 6.42 Å². The molecule has 10 heteroatoms. The summed E-state index contributed by atoms with van der Waals surface area (Å²) in [6.07, 6.45) is 8.39. The summed E-state index contributed by atoms with van der Waals surface area (Å²) < 4.78 is 36.0. The van der Waals surface area contributed by atoms with Crippen molar-refractivity contribution in [2.75, 3.05) is 6.79 Å². The van der Waals surface area contributed by atoms with Crippen molar-refractivity contribution in [2.24, 2.45) is 10.1 Å². The van der Waals surface area contributed by atoms with Crippen LogP contribution in [0.1, 0.15) is 5.56 Å². The van der Waals surface area contributed by atoms with Crippen LogP contribution >= 0.6 is 11.3 Å². The van der Waals surface area contributed by atoms with Crippen molar-refractivity contribution in [3.63, 3.8) is 0 Å². The molecule has 8 nitrogen and oxygen atoms in total. The monoisotopic (exact) mass is 441 g/mol. The van der Waals surface area contributed by atoms with Crippen molar-refractivity contribution in [3.8, 4) is 23.8 Å². The minimum atomic E-state index is -3.85. The normalized spacial score (nSPS) is 13.8. The second-order valence-corrected chi connectivity index (χ2v) is 8.82. The number of primary sulfonamides is 1. The lowest BCUT2D eigenvalue weighted by Gasteiger charge is -2.01. The number of nitrogens with zero attached hydrogens (tertiary/aromatic N) is 2. The molecular weight excluding hydrogens is 426 g/mol. The molecule has 0 spiro atoms. The zero-order valence-electron chi connectivity index (χ0n) is 15.4. The van der Waals surface area contributed by atoms with E-state index in [2.05, 4.69) is 10.9 Å². The molecular formula is C20H15N3O5S2. The smallest absolute Gasteiger partial charge is 0.272 e. The molecule has 2 N–H and O–H groups in total. The number of thiazole rings is 1.